The molecule has 2 N–H and O–H groups in total. The van der Waals surface area contributed by atoms with Crippen LogP contribution in [0.4, 0.5) is 5.69 Å². The van der Waals surface area contributed by atoms with E-state index in [1.807, 2.05) is 31.2 Å². The molecule has 0 fully saturated rings. The Kier molecular flexibility index (Phi) is 6.34. The van der Waals surface area contributed by atoms with E-state index in [1.165, 1.54) is 17.0 Å². The van der Waals surface area contributed by atoms with Crippen LogP contribution in [0.1, 0.15) is 19.4 Å². The van der Waals surface area contributed by atoms with Gasteiger partial charge >= 0.3 is 0 Å². The highest BCUT2D eigenvalue weighted by Crippen LogP contribution is 2.39. The zero-order valence-electron chi connectivity index (χ0n) is 17.0. The maximum absolute atomic E-state index is 12.5. The number of benzene rings is 2. The number of hydrogen-bond donors (Lipinski definition) is 2. The molecule has 3 rings (SSSR count). The smallest absolute Gasteiger partial charge is 0.299 e. The van der Waals surface area contributed by atoms with Gasteiger partial charge in [-0.1, -0.05) is 40.4 Å². The van der Waals surface area contributed by atoms with Crippen molar-refractivity contribution in [2.45, 2.75) is 32.2 Å². The molecule has 1 aromatic heterocycles. The third-order valence-electron chi connectivity index (χ3n) is 5.17. The Morgan fingerprint density at radius 1 is 1.03 bits per heavy atom. The highest BCUT2D eigenvalue weighted by Gasteiger charge is 2.19. The lowest BCUT2D eigenvalue weighted by molar-refractivity contribution is -0.897. The third kappa shape index (κ3) is 4.49. The van der Waals surface area contributed by atoms with Gasteiger partial charge in [0.2, 0.25) is 5.88 Å². The van der Waals surface area contributed by atoms with E-state index in [4.69, 9.17) is 0 Å². The number of aromatic hydroxyl groups is 1. The molecule has 0 amide bonds. The van der Waals surface area contributed by atoms with Gasteiger partial charge in [0.15, 0.2) is 5.69 Å². The zero-order chi connectivity index (χ0) is 21.0. The lowest BCUT2D eigenvalue weighted by Gasteiger charge is -2.16. The molecular formula is C21H27N4O3S+. The van der Waals surface area contributed by atoms with Gasteiger partial charge in [-0.05, 0) is 39.0 Å². The summed E-state index contributed by atoms with van der Waals surface area (Å²) in [4.78, 5) is 1.48. The summed E-state index contributed by atoms with van der Waals surface area (Å²) in [6, 6.07) is 13.8. The molecule has 0 bridgehead atoms. The molecule has 8 heteroatoms. The molecule has 1 heterocycles. The van der Waals surface area contributed by atoms with E-state index in [0.717, 1.165) is 30.7 Å². The number of nitrogens with one attached hydrogen (secondary N) is 1. The fraction of sp³-hybridized carbons (Fsp3) is 0.333. The van der Waals surface area contributed by atoms with Gasteiger partial charge in [0.05, 0.1) is 36.6 Å². The van der Waals surface area contributed by atoms with Crippen LogP contribution in [0.15, 0.2) is 63.1 Å². The van der Waals surface area contributed by atoms with Crippen molar-refractivity contribution in [1.29, 1.82) is 0 Å². The summed E-state index contributed by atoms with van der Waals surface area (Å²) < 4.78 is 30.4. The van der Waals surface area contributed by atoms with E-state index in [2.05, 4.69) is 23.5 Å². The molecule has 2 aromatic carbocycles. The number of quaternary nitrogens is 1. The van der Waals surface area contributed by atoms with Crippen LogP contribution in [0.3, 0.4) is 0 Å². The minimum atomic E-state index is -3.95. The summed E-state index contributed by atoms with van der Waals surface area (Å²) in [7, 11) is -3.95. The summed E-state index contributed by atoms with van der Waals surface area (Å²) >= 11 is 0. The quantitative estimate of drug-likeness (QED) is 0.554. The molecular weight excluding hydrogens is 388 g/mol. The highest BCUT2D eigenvalue weighted by atomic mass is 32.2. The highest BCUT2D eigenvalue weighted by molar-refractivity contribution is 7.90. The van der Waals surface area contributed by atoms with Crippen LogP contribution in [0.2, 0.25) is 0 Å². The Hall–Kier alpha value is -2.71. The van der Waals surface area contributed by atoms with Crippen LogP contribution in [-0.2, 0) is 16.6 Å². The molecule has 0 unspecified atom stereocenters. The predicted octanol–water partition coefficient (Wildman–Crippen LogP) is 3.05. The first kappa shape index (κ1) is 21.0. The summed E-state index contributed by atoms with van der Waals surface area (Å²) in [6.45, 7) is 9.57. The molecule has 0 aliphatic heterocycles. The maximum atomic E-state index is 12.5. The molecule has 0 saturated heterocycles. The average Bonchev–Trinajstić information content (AvgIpc) is 2.99. The van der Waals surface area contributed by atoms with Gasteiger partial charge in [0.1, 0.15) is 0 Å². The lowest BCUT2D eigenvalue weighted by Crippen LogP contribution is -3.11. The van der Waals surface area contributed by atoms with Crippen molar-refractivity contribution in [3.8, 4) is 5.88 Å². The number of rotatable bonds is 8. The van der Waals surface area contributed by atoms with E-state index < -0.39 is 10.0 Å². The van der Waals surface area contributed by atoms with E-state index in [-0.39, 0.29) is 16.5 Å². The van der Waals surface area contributed by atoms with Gasteiger partial charge in [-0.15, -0.1) is 5.11 Å². The standard InChI is InChI=1S/C21H26N4O3S/c1-4-24(5-2)14-15-25-19-9-7-6-8-18(19)20(21(25)26)22-23-29(27,28)17-12-10-16(3)11-13-17/h6-13,26H,4-5,14-15H2,1-3H3/p+1. The average molecular weight is 416 g/mol. The molecule has 0 saturated carbocycles. The van der Waals surface area contributed by atoms with Crippen LogP contribution in [0, 0.1) is 6.92 Å². The number of fused-ring (bicyclic) bond motifs is 1. The number of nitrogens with zero attached hydrogens (tertiary/aromatic N) is 3. The molecule has 0 spiro atoms. The molecule has 0 atom stereocenters. The van der Waals surface area contributed by atoms with Crippen LogP contribution in [0.5, 0.6) is 5.88 Å². The van der Waals surface area contributed by atoms with Crippen LogP contribution in [-0.4, -0.2) is 37.7 Å². The second-order valence-electron chi connectivity index (χ2n) is 7.02. The zero-order valence-corrected chi connectivity index (χ0v) is 17.8. The van der Waals surface area contributed by atoms with E-state index in [9.17, 15) is 13.5 Å². The summed E-state index contributed by atoms with van der Waals surface area (Å²) in [6.07, 6.45) is 0. The van der Waals surface area contributed by atoms with Crippen molar-refractivity contribution < 1.29 is 18.4 Å². The first-order chi connectivity index (χ1) is 13.9. The van der Waals surface area contributed by atoms with Gasteiger partial charge in [-0.3, -0.25) is 0 Å². The molecule has 3 aromatic rings. The van der Waals surface area contributed by atoms with Gasteiger partial charge in [-0.25, -0.2) is 0 Å². The molecule has 154 valence electrons. The number of aromatic nitrogens is 1. The first-order valence-corrected chi connectivity index (χ1v) is 11.2. The number of aryl methyl sites for hydroxylation is 1. The summed E-state index contributed by atoms with van der Waals surface area (Å²) in [5.74, 6) is -0.0689. The predicted molar refractivity (Wildman–Crippen MR) is 113 cm³/mol. The Bertz CT molecular complexity index is 1110. The van der Waals surface area contributed by atoms with E-state index in [1.54, 1.807) is 16.7 Å². The van der Waals surface area contributed by atoms with Crippen molar-refractivity contribution in [3.05, 3.63) is 54.1 Å². The first-order valence-electron chi connectivity index (χ1n) is 9.75. The van der Waals surface area contributed by atoms with Gasteiger partial charge in [0, 0.05) is 5.39 Å². The van der Waals surface area contributed by atoms with Crippen molar-refractivity contribution in [3.63, 3.8) is 0 Å². The number of sulfonamides is 1. The van der Waals surface area contributed by atoms with E-state index in [0.29, 0.717) is 11.9 Å². The second kappa shape index (κ2) is 8.75. The SMILES string of the molecule is CC[NH+](CC)CCn1c(O)c(N=NS(=O)(=O)c2ccc(C)cc2)c2ccccc21. The van der Waals surface area contributed by atoms with Crippen LogP contribution < -0.4 is 4.90 Å². The van der Waals surface area contributed by atoms with Gasteiger partial charge in [0.25, 0.3) is 10.0 Å². The lowest BCUT2D eigenvalue weighted by atomic mass is 10.2. The monoisotopic (exact) mass is 415 g/mol. The molecule has 7 nitrogen and oxygen atoms in total. The molecule has 0 aliphatic rings. The normalized spacial score (nSPS) is 12.4. The largest absolute Gasteiger partial charge is 0.493 e. The maximum Gasteiger partial charge on any atom is 0.299 e. The second-order valence-corrected chi connectivity index (χ2v) is 8.60. The van der Waals surface area contributed by atoms with Gasteiger partial charge in [-0.2, -0.15) is 8.42 Å². The Labute approximate surface area is 171 Å². The fourth-order valence-electron chi connectivity index (χ4n) is 3.32. The van der Waals surface area contributed by atoms with E-state index >= 15 is 0 Å². The molecule has 29 heavy (non-hydrogen) atoms. The van der Waals surface area contributed by atoms with Crippen molar-refractivity contribution in [2.75, 3.05) is 19.6 Å². The number of hydrogen-bond acceptors (Lipinski definition) is 4. The Balaban J connectivity index is 1.98. The van der Waals surface area contributed by atoms with Crippen LogP contribution >= 0.6 is 0 Å². The minimum Gasteiger partial charge on any atom is -0.493 e. The minimum absolute atomic E-state index is 0.0689. The number of para-hydroxylation sites is 1. The molecule has 0 aliphatic carbocycles. The van der Waals surface area contributed by atoms with Gasteiger partial charge < -0.3 is 14.6 Å². The number of likely N-dealkylation sites (N-methyl/N-ethyl adjacent to an activating group) is 1. The molecule has 0 radical (unpaired) electrons. The van der Waals surface area contributed by atoms with Crippen molar-refractivity contribution >= 4 is 26.6 Å². The topological polar surface area (TPSA) is 88.5 Å². The van der Waals surface area contributed by atoms with Crippen molar-refractivity contribution in [2.24, 2.45) is 9.63 Å². The summed E-state index contributed by atoms with van der Waals surface area (Å²) in [5.41, 5.74) is 1.93. The summed E-state index contributed by atoms with van der Waals surface area (Å²) in [5, 5.41) is 15.4. The van der Waals surface area contributed by atoms with Crippen LogP contribution in [0.25, 0.3) is 10.9 Å². The fourth-order valence-corrected chi connectivity index (χ4v) is 4.09. The third-order valence-corrected chi connectivity index (χ3v) is 6.34. The Morgan fingerprint density at radius 2 is 1.69 bits per heavy atom. The Morgan fingerprint density at radius 3 is 2.34 bits per heavy atom. The van der Waals surface area contributed by atoms with Crippen molar-refractivity contribution in [1.82, 2.24) is 4.57 Å².